The van der Waals surface area contributed by atoms with Crippen LogP contribution in [0.2, 0.25) is 0 Å². The van der Waals surface area contributed by atoms with Crippen molar-refractivity contribution in [2.24, 2.45) is 0 Å². The fourth-order valence-corrected chi connectivity index (χ4v) is 1.78. The van der Waals surface area contributed by atoms with E-state index in [2.05, 4.69) is 21.0 Å². The van der Waals surface area contributed by atoms with E-state index in [0.717, 1.165) is 5.76 Å². The van der Waals surface area contributed by atoms with E-state index in [9.17, 15) is 10.1 Å². The molecule has 84 valence electrons. The fraction of sp³-hybridized carbons (Fsp3) is 0.222. The number of nitrogens with zero attached hydrogens (tertiary/aromatic N) is 3. The molecule has 0 saturated heterocycles. The average molecular weight is 286 g/mol. The summed E-state index contributed by atoms with van der Waals surface area (Å²) in [4.78, 5) is 10.0. The Morgan fingerprint density at radius 3 is 2.88 bits per heavy atom. The van der Waals surface area contributed by atoms with Crippen LogP contribution in [0.15, 0.2) is 27.2 Å². The molecule has 2 aromatic rings. The molecule has 0 N–H and O–H groups in total. The fourth-order valence-electron chi connectivity index (χ4n) is 1.32. The van der Waals surface area contributed by atoms with E-state index < -0.39 is 4.92 Å². The molecule has 0 aromatic carbocycles. The predicted octanol–water partition coefficient (Wildman–Crippen LogP) is 2.50. The first kappa shape index (κ1) is 10.9. The number of rotatable bonds is 3. The smallest absolute Gasteiger partial charge is 0.404 e. The third-order valence-electron chi connectivity index (χ3n) is 1.99. The quantitative estimate of drug-likeness (QED) is 0.641. The van der Waals surface area contributed by atoms with Gasteiger partial charge in [-0.15, -0.1) is 0 Å². The molecule has 0 amide bonds. The van der Waals surface area contributed by atoms with E-state index in [1.165, 1.54) is 4.68 Å². The first-order chi connectivity index (χ1) is 7.56. The molecular weight excluding hydrogens is 278 g/mol. The van der Waals surface area contributed by atoms with Crippen molar-refractivity contribution < 1.29 is 9.34 Å². The van der Waals surface area contributed by atoms with Crippen molar-refractivity contribution in [3.63, 3.8) is 0 Å². The molecule has 0 saturated carbocycles. The van der Waals surface area contributed by atoms with Crippen molar-refractivity contribution in [3.05, 3.63) is 44.4 Å². The summed E-state index contributed by atoms with van der Waals surface area (Å²) >= 11 is 3.08. The van der Waals surface area contributed by atoms with Crippen molar-refractivity contribution in [2.75, 3.05) is 0 Å². The first-order valence-corrected chi connectivity index (χ1v) is 5.28. The van der Waals surface area contributed by atoms with Gasteiger partial charge in [0.1, 0.15) is 22.5 Å². The summed E-state index contributed by atoms with van der Waals surface area (Å²) in [5.41, 5.74) is 0. The standard InChI is InChI=1S/C9H8BrN3O3/c1-6-2-3-7(16-6)4-12-5-8(10)9(11-12)13(14)15/h2-3,5H,4H2,1H3. The van der Waals surface area contributed by atoms with Gasteiger partial charge in [0.25, 0.3) is 0 Å². The van der Waals surface area contributed by atoms with E-state index in [1.54, 1.807) is 6.20 Å². The number of halogens is 1. The Kier molecular flexibility index (Phi) is 2.78. The van der Waals surface area contributed by atoms with Gasteiger partial charge in [0.2, 0.25) is 0 Å². The molecule has 0 aliphatic rings. The molecular formula is C9H8BrN3O3. The Morgan fingerprint density at radius 1 is 1.62 bits per heavy atom. The van der Waals surface area contributed by atoms with Crippen LogP contribution in [-0.2, 0) is 6.54 Å². The largest absolute Gasteiger partial charge is 0.464 e. The Labute approximate surface area is 99.1 Å². The topological polar surface area (TPSA) is 74.1 Å². The van der Waals surface area contributed by atoms with E-state index in [1.807, 2.05) is 19.1 Å². The highest BCUT2D eigenvalue weighted by Crippen LogP contribution is 2.22. The number of aromatic nitrogens is 2. The highest BCUT2D eigenvalue weighted by atomic mass is 79.9. The Hall–Kier alpha value is -1.63. The highest BCUT2D eigenvalue weighted by molar-refractivity contribution is 9.10. The number of furan rings is 1. The van der Waals surface area contributed by atoms with Gasteiger partial charge in [-0.25, -0.2) is 0 Å². The van der Waals surface area contributed by atoms with Gasteiger partial charge < -0.3 is 14.5 Å². The Balaban J connectivity index is 2.22. The van der Waals surface area contributed by atoms with E-state index >= 15 is 0 Å². The number of aryl methyl sites for hydroxylation is 1. The maximum atomic E-state index is 10.6. The minimum Gasteiger partial charge on any atom is -0.464 e. The van der Waals surface area contributed by atoms with Crippen LogP contribution < -0.4 is 0 Å². The van der Waals surface area contributed by atoms with E-state index in [-0.39, 0.29) is 5.82 Å². The second kappa shape index (κ2) is 4.09. The Morgan fingerprint density at radius 2 is 2.38 bits per heavy atom. The maximum Gasteiger partial charge on any atom is 0.404 e. The summed E-state index contributed by atoms with van der Waals surface area (Å²) in [6.07, 6.45) is 1.55. The summed E-state index contributed by atoms with van der Waals surface area (Å²) in [5, 5.41) is 14.4. The summed E-state index contributed by atoms with van der Waals surface area (Å²) in [6.45, 7) is 2.21. The van der Waals surface area contributed by atoms with Gasteiger partial charge in [0, 0.05) is 0 Å². The average Bonchev–Trinajstić information content (AvgIpc) is 2.73. The molecule has 6 nitrogen and oxygen atoms in total. The molecule has 2 rings (SSSR count). The molecule has 0 spiro atoms. The van der Waals surface area contributed by atoms with Crippen LogP contribution in [0.4, 0.5) is 5.82 Å². The summed E-state index contributed by atoms with van der Waals surface area (Å²) in [5.74, 6) is 1.32. The van der Waals surface area contributed by atoms with Gasteiger partial charge in [0.05, 0.1) is 11.3 Å². The number of hydrogen-bond donors (Lipinski definition) is 0. The monoisotopic (exact) mass is 285 g/mol. The number of nitro groups is 1. The lowest BCUT2D eigenvalue weighted by Crippen LogP contribution is -2.00. The van der Waals surface area contributed by atoms with Crippen molar-refractivity contribution in [1.82, 2.24) is 9.78 Å². The van der Waals surface area contributed by atoms with Gasteiger partial charge in [-0.3, -0.25) is 0 Å². The molecule has 0 atom stereocenters. The van der Waals surface area contributed by atoms with Gasteiger partial charge in [0.15, 0.2) is 0 Å². The second-order valence-electron chi connectivity index (χ2n) is 3.27. The predicted molar refractivity (Wildman–Crippen MR) is 59.1 cm³/mol. The summed E-state index contributed by atoms with van der Waals surface area (Å²) < 4.78 is 7.17. The molecule has 0 aliphatic carbocycles. The van der Waals surface area contributed by atoms with Gasteiger partial charge in [-0.2, -0.15) is 4.68 Å². The van der Waals surface area contributed by atoms with Crippen molar-refractivity contribution in [3.8, 4) is 0 Å². The lowest BCUT2D eigenvalue weighted by Gasteiger charge is -1.91. The molecule has 2 heterocycles. The van der Waals surface area contributed by atoms with Crippen molar-refractivity contribution >= 4 is 21.7 Å². The first-order valence-electron chi connectivity index (χ1n) is 4.49. The third kappa shape index (κ3) is 2.13. The lowest BCUT2D eigenvalue weighted by molar-refractivity contribution is -0.390. The summed E-state index contributed by atoms with van der Waals surface area (Å²) in [6, 6.07) is 3.65. The minimum atomic E-state index is -0.534. The van der Waals surface area contributed by atoms with Gasteiger partial charge >= 0.3 is 5.82 Å². The zero-order valence-corrected chi connectivity index (χ0v) is 9.97. The van der Waals surface area contributed by atoms with Gasteiger partial charge in [-0.05, 0) is 39.9 Å². The Bertz CT molecular complexity index is 532. The van der Waals surface area contributed by atoms with E-state index in [0.29, 0.717) is 16.8 Å². The molecule has 0 radical (unpaired) electrons. The SMILES string of the molecule is Cc1ccc(Cn2cc(Br)c([N+](=O)[O-])n2)o1. The zero-order valence-electron chi connectivity index (χ0n) is 8.38. The van der Waals surface area contributed by atoms with Crippen LogP contribution in [0.3, 0.4) is 0 Å². The van der Waals surface area contributed by atoms with Crippen LogP contribution >= 0.6 is 15.9 Å². The van der Waals surface area contributed by atoms with E-state index in [4.69, 9.17) is 4.42 Å². The lowest BCUT2D eigenvalue weighted by atomic mass is 10.4. The van der Waals surface area contributed by atoms with Crippen LogP contribution in [-0.4, -0.2) is 14.7 Å². The van der Waals surface area contributed by atoms with Gasteiger partial charge in [-0.1, -0.05) is 0 Å². The summed E-state index contributed by atoms with van der Waals surface area (Å²) in [7, 11) is 0. The van der Waals surface area contributed by atoms with Crippen LogP contribution in [0.25, 0.3) is 0 Å². The molecule has 2 aromatic heterocycles. The molecule has 0 fully saturated rings. The third-order valence-corrected chi connectivity index (χ3v) is 2.55. The normalized spacial score (nSPS) is 10.6. The highest BCUT2D eigenvalue weighted by Gasteiger charge is 2.18. The van der Waals surface area contributed by atoms with Crippen molar-refractivity contribution in [2.45, 2.75) is 13.5 Å². The van der Waals surface area contributed by atoms with Crippen LogP contribution in [0.1, 0.15) is 11.5 Å². The number of hydrogen-bond acceptors (Lipinski definition) is 4. The van der Waals surface area contributed by atoms with Crippen LogP contribution in [0.5, 0.6) is 0 Å². The van der Waals surface area contributed by atoms with Crippen LogP contribution in [0, 0.1) is 17.0 Å². The second-order valence-corrected chi connectivity index (χ2v) is 4.12. The maximum absolute atomic E-state index is 10.6. The molecule has 0 bridgehead atoms. The molecule has 7 heteroatoms. The molecule has 0 aliphatic heterocycles. The van der Waals surface area contributed by atoms with Crippen molar-refractivity contribution in [1.29, 1.82) is 0 Å². The minimum absolute atomic E-state index is 0.191. The zero-order chi connectivity index (χ0) is 11.7. The molecule has 16 heavy (non-hydrogen) atoms. The molecule has 0 unspecified atom stereocenters.